The lowest BCUT2D eigenvalue weighted by Gasteiger charge is -2.16. The smallest absolute Gasteiger partial charge is 0.227 e. The molecule has 2 aliphatic carbocycles. The monoisotopic (exact) mass is 244 g/mol. The number of fused-ring (bicyclic) bond motifs is 1. The maximum atomic E-state index is 12.2. The van der Waals surface area contributed by atoms with E-state index in [0.717, 1.165) is 47.2 Å². The van der Waals surface area contributed by atoms with E-state index in [2.05, 4.69) is 5.32 Å². The first-order valence-electron chi connectivity index (χ1n) is 6.72. The summed E-state index contributed by atoms with van der Waals surface area (Å²) in [5.41, 5.74) is 9.58. The number of hydrogen-bond donors (Lipinski definition) is 2. The average molecular weight is 244 g/mol. The maximum absolute atomic E-state index is 12.2. The van der Waals surface area contributed by atoms with Gasteiger partial charge in [-0.05, 0) is 68.2 Å². The molecular weight excluding hydrogens is 224 g/mol. The minimum Gasteiger partial charge on any atom is -0.399 e. The third-order valence-electron chi connectivity index (χ3n) is 4.42. The standard InChI is InChI=1S/C15H20N2O/c1-8-3-13(16)4-9(2)14(8)17-15(18)12-6-10-5-11(10)7-12/h3-4,10-12H,5-7,16H2,1-2H3,(H,17,18). The fraction of sp³-hybridized carbons (Fsp3) is 0.533. The zero-order chi connectivity index (χ0) is 12.9. The van der Waals surface area contributed by atoms with Crippen molar-refractivity contribution in [1.82, 2.24) is 0 Å². The van der Waals surface area contributed by atoms with Crippen molar-refractivity contribution in [2.75, 3.05) is 11.1 Å². The van der Waals surface area contributed by atoms with Gasteiger partial charge >= 0.3 is 0 Å². The lowest BCUT2D eigenvalue weighted by molar-refractivity contribution is -0.120. The number of anilines is 2. The minimum absolute atomic E-state index is 0.193. The van der Waals surface area contributed by atoms with Crippen LogP contribution in [0.3, 0.4) is 0 Å². The molecule has 2 fully saturated rings. The van der Waals surface area contributed by atoms with Gasteiger partial charge in [0.05, 0.1) is 0 Å². The largest absolute Gasteiger partial charge is 0.399 e. The maximum Gasteiger partial charge on any atom is 0.227 e. The highest BCUT2D eigenvalue weighted by molar-refractivity contribution is 5.94. The van der Waals surface area contributed by atoms with Gasteiger partial charge in [0, 0.05) is 17.3 Å². The summed E-state index contributed by atoms with van der Waals surface area (Å²) < 4.78 is 0. The van der Waals surface area contributed by atoms with Gasteiger partial charge in [-0.25, -0.2) is 0 Å². The van der Waals surface area contributed by atoms with Crippen LogP contribution in [0.25, 0.3) is 0 Å². The topological polar surface area (TPSA) is 55.1 Å². The van der Waals surface area contributed by atoms with Crippen molar-refractivity contribution in [2.45, 2.75) is 33.1 Å². The Kier molecular flexibility index (Phi) is 2.58. The average Bonchev–Trinajstić information content (AvgIpc) is 2.90. The van der Waals surface area contributed by atoms with Gasteiger partial charge < -0.3 is 11.1 Å². The number of nitrogen functional groups attached to an aromatic ring is 1. The molecule has 0 aromatic heterocycles. The molecule has 18 heavy (non-hydrogen) atoms. The Hall–Kier alpha value is -1.51. The Bertz CT molecular complexity index is 476. The predicted octanol–water partition coefficient (Wildman–Crippen LogP) is 2.87. The van der Waals surface area contributed by atoms with Crippen molar-refractivity contribution in [3.8, 4) is 0 Å². The number of carbonyl (C=O) groups excluding carboxylic acids is 1. The predicted molar refractivity (Wildman–Crippen MR) is 73.3 cm³/mol. The molecule has 2 aliphatic rings. The van der Waals surface area contributed by atoms with E-state index in [1.54, 1.807) is 0 Å². The van der Waals surface area contributed by atoms with Gasteiger partial charge in [-0.2, -0.15) is 0 Å². The first kappa shape index (κ1) is 11.6. The highest BCUT2D eigenvalue weighted by atomic mass is 16.1. The number of nitrogens with one attached hydrogen (secondary N) is 1. The molecule has 3 nitrogen and oxygen atoms in total. The van der Waals surface area contributed by atoms with Crippen LogP contribution in [0, 0.1) is 31.6 Å². The Balaban J connectivity index is 1.74. The van der Waals surface area contributed by atoms with Gasteiger partial charge in [0.25, 0.3) is 0 Å². The van der Waals surface area contributed by atoms with Crippen molar-refractivity contribution < 1.29 is 4.79 Å². The summed E-state index contributed by atoms with van der Waals surface area (Å²) in [6, 6.07) is 3.82. The van der Waals surface area contributed by atoms with Gasteiger partial charge in [0.2, 0.25) is 5.91 Å². The molecule has 0 heterocycles. The molecule has 96 valence electrons. The summed E-state index contributed by atoms with van der Waals surface area (Å²) in [6.45, 7) is 3.98. The normalized spacial score (nSPS) is 28.9. The molecule has 3 N–H and O–H groups in total. The van der Waals surface area contributed by atoms with E-state index < -0.39 is 0 Å². The number of amides is 1. The number of hydrogen-bond acceptors (Lipinski definition) is 2. The molecule has 0 radical (unpaired) electrons. The van der Waals surface area contributed by atoms with Gasteiger partial charge in [-0.15, -0.1) is 0 Å². The molecular formula is C15H20N2O. The second kappa shape index (κ2) is 4.01. The fourth-order valence-electron chi connectivity index (χ4n) is 3.35. The number of rotatable bonds is 2. The molecule has 1 amide bonds. The number of benzene rings is 1. The molecule has 1 aromatic rings. The highest BCUT2D eigenvalue weighted by Crippen LogP contribution is 2.54. The molecule has 2 saturated carbocycles. The van der Waals surface area contributed by atoms with Crippen LogP contribution >= 0.6 is 0 Å². The molecule has 1 aromatic carbocycles. The lowest BCUT2D eigenvalue weighted by atomic mass is 10.0. The minimum atomic E-state index is 0.193. The van der Waals surface area contributed by atoms with Gasteiger partial charge in [0.1, 0.15) is 0 Å². The Morgan fingerprint density at radius 2 is 1.72 bits per heavy atom. The van der Waals surface area contributed by atoms with Crippen molar-refractivity contribution in [1.29, 1.82) is 0 Å². The zero-order valence-corrected chi connectivity index (χ0v) is 11.0. The molecule has 0 saturated heterocycles. The SMILES string of the molecule is Cc1cc(N)cc(C)c1NC(=O)C1CC2CC2C1. The summed E-state index contributed by atoms with van der Waals surface area (Å²) in [5, 5.41) is 3.09. The molecule has 0 bridgehead atoms. The van der Waals surface area contributed by atoms with Crippen LogP contribution in [-0.4, -0.2) is 5.91 Å². The molecule has 3 heteroatoms. The second-order valence-electron chi connectivity index (χ2n) is 5.94. The number of aryl methyl sites for hydroxylation is 2. The van der Waals surface area contributed by atoms with Gasteiger partial charge in [-0.3, -0.25) is 4.79 Å². The van der Waals surface area contributed by atoms with E-state index in [1.165, 1.54) is 6.42 Å². The first-order valence-corrected chi connectivity index (χ1v) is 6.72. The van der Waals surface area contributed by atoms with Crippen molar-refractivity contribution in [3.63, 3.8) is 0 Å². The summed E-state index contributed by atoms with van der Waals surface area (Å²) in [7, 11) is 0. The van der Waals surface area contributed by atoms with Crippen LogP contribution in [-0.2, 0) is 4.79 Å². The first-order chi connectivity index (χ1) is 8.54. The fourth-order valence-corrected chi connectivity index (χ4v) is 3.35. The van der Waals surface area contributed by atoms with Crippen LogP contribution in [0.2, 0.25) is 0 Å². The molecule has 0 spiro atoms. The molecule has 2 atom stereocenters. The van der Waals surface area contributed by atoms with Crippen molar-refractivity contribution in [3.05, 3.63) is 23.3 Å². The third kappa shape index (κ3) is 1.98. The summed E-state index contributed by atoms with van der Waals surface area (Å²) in [4.78, 5) is 12.2. The van der Waals surface area contributed by atoms with E-state index in [0.29, 0.717) is 0 Å². The molecule has 3 rings (SSSR count). The Morgan fingerprint density at radius 1 is 1.17 bits per heavy atom. The second-order valence-corrected chi connectivity index (χ2v) is 5.94. The van der Waals surface area contributed by atoms with Crippen LogP contribution in [0.4, 0.5) is 11.4 Å². The lowest BCUT2D eigenvalue weighted by Crippen LogP contribution is -2.22. The van der Waals surface area contributed by atoms with Crippen LogP contribution in [0.1, 0.15) is 30.4 Å². The van der Waals surface area contributed by atoms with Crippen LogP contribution in [0.15, 0.2) is 12.1 Å². The molecule has 0 aliphatic heterocycles. The van der Waals surface area contributed by atoms with E-state index in [9.17, 15) is 4.79 Å². The van der Waals surface area contributed by atoms with Crippen LogP contribution < -0.4 is 11.1 Å². The quantitative estimate of drug-likeness (QED) is 0.786. The van der Waals surface area contributed by atoms with Gasteiger partial charge in [0.15, 0.2) is 0 Å². The number of nitrogens with two attached hydrogens (primary N) is 1. The Morgan fingerprint density at radius 3 is 2.28 bits per heavy atom. The van der Waals surface area contributed by atoms with E-state index in [4.69, 9.17) is 5.73 Å². The number of carbonyl (C=O) groups is 1. The van der Waals surface area contributed by atoms with Crippen molar-refractivity contribution in [2.24, 2.45) is 17.8 Å². The third-order valence-corrected chi connectivity index (χ3v) is 4.42. The Labute approximate surface area is 108 Å². The van der Waals surface area contributed by atoms with Crippen molar-refractivity contribution >= 4 is 17.3 Å². The zero-order valence-electron chi connectivity index (χ0n) is 11.0. The van der Waals surface area contributed by atoms with E-state index in [-0.39, 0.29) is 11.8 Å². The van der Waals surface area contributed by atoms with Crippen LogP contribution in [0.5, 0.6) is 0 Å². The highest BCUT2D eigenvalue weighted by Gasteiger charge is 2.48. The van der Waals surface area contributed by atoms with E-state index in [1.807, 2.05) is 26.0 Å². The summed E-state index contributed by atoms with van der Waals surface area (Å²) in [5.74, 6) is 2.10. The van der Waals surface area contributed by atoms with Gasteiger partial charge in [-0.1, -0.05) is 0 Å². The summed E-state index contributed by atoms with van der Waals surface area (Å²) in [6.07, 6.45) is 3.52. The summed E-state index contributed by atoms with van der Waals surface area (Å²) >= 11 is 0. The van der Waals surface area contributed by atoms with E-state index >= 15 is 0 Å². The molecule has 2 unspecified atom stereocenters.